The highest BCUT2D eigenvalue weighted by molar-refractivity contribution is 8.76. The Hall–Kier alpha value is 0.894. The van der Waals surface area contributed by atoms with Crippen LogP contribution in [-0.2, 0) is 28.4 Å². The molecule has 0 bridgehead atoms. The van der Waals surface area contributed by atoms with E-state index in [0.717, 1.165) is 23.6 Å². The van der Waals surface area contributed by atoms with E-state index in [4.69, 9.17) is 28.4 Å². The SMILES string of the molecule is COC(OC)(OC)[SiH2]CCCSSCCC[SiH2]C(OC)(OC)OC. The first-order valence-electron chi connectivity index (χ1n) is 8.13. The predicted molar refractivity (Wildman–Crippen MR) is 108 cm³/mol. The van der Waals surface area contributed by atoms with Gasteiger partial charge in [-0.3, -0.25) is 0 Å². The van der Waals surface area contributed by atoms with Crippen molar-refractivity contribution >= 4 is 40.6 Å². The summed E-state index contributed by atoms with van der Waals surface area (Å²) in [6.07, 6.45) is 2.35. The van der Waals surface area contributed by atoms with Gasteiger partial charge in [0.25, 0.3) is 0 Å². The van der Waals surface area contributed by atoms with E-state index in [1.54, 1.807) is 42.7 Å². The summed E-state index contributed by atoms with van der Waals surface area (Å²) in [6, 6.07) is 2.29. The van der Waals surface area contributed by atoms with Crippen molar-refractivity contribution in [2.45, 2.75) is 36.1 Å². The molecular formula is C14H34O6S2Si2. The molecule has 0 aromatic heterocycles. The maximum absolute atomic E-state index is 5.34. The van der Waals surface area contributed by atoms with Crippen LogP contribution >= 0.6 is 21.6 Å². The summed E-state index contributed by atoms with van der Waals surface area (Å²) in [7, 11) is 12.6. The Balaban J connectivity index is 3.58. The fourth-order valence-electron chi connectivity index (χ4n) is 2.24. The first-order valence-corrected chi connectivity index (χ1v) is 14.0. The molecule has 0 aliphatic rings. The molecule has 10 heteroatoms. The Morgan fingerprint density at radius 3 is 1.12 bits per heavy atom. The lowest BCUT2D eigenvalue weighted by molar-refractivity contribution is -0.295. The van der Waals surface area contributed by atoms with Gasteiger partial charge in [-0.25, -0.2) is 0 Å². The van der Waals surface area contributed by atoms with Gasteiger partial charge < -0.3 is 28.4 Å². The predicted octanol–water partition coefficient (Wildman–Crippen LogP) is 1.42. The van der Waals surface area contributed by atoms with Crippen LogP contribution < -0.4 is 0 Å². The molecule has 0 aromatic rings. The Morgan fingerprint density at radius 2 is 0.875 bits per heavy atom. The summed E-state index contributed by atoms with van der Waals surface area (Å²) < 4.78 is 32.1. The Morgan fingerprint density at radius 1 is 0.583 bits per heavy atom. The molecule has 0 rings (SSSR count). The quantitative estimate of drug-likeness (QED) is 0.152. The van der Waals surface area contributed by atoms with Crippen LogP contribution in [0.3, 0.4) is 0 Å². The van der Waals surface area contributed by atoms with E-state index in [0.29, 0.717) is 0 Å². The van der Waals surface area contributed by atoms with Gasteiger partial charge in [-0.15, -0.1) is 0 Å². The van der Waals surface area contributed by atoms with Crippen molar-refractivity contribution in [2.75, 3.05) is 54.2 Å². The van der Waals surface area contributed by atoms with Crippen LogP contribution in [0.5, 0.6) is 0 Å². The second-order valence-corrected chi connectivity index (χ2v) is 12.0. The van der Waals surface area contributed by atoms with Crippen molar-refractivity contribution in [3.05, 3.63) is 0 Å². The molecule has 0 saturated heterocycles. The minimum Gasteiger partial charge on any atom is -0.335 e. The van der Waals surface area contributed by atoms with Crippen molar-refractivity contribution < 1.29 is 28.4 Å². The minimum absolute atomic E-state index is 0.579. The smallest absolute Gasteiger partial charge is 0.248 e. The molecule has 0 aliphatic carbocycles. The molecule has 0 spiro atoms. The van der Waals surface area contributed by atoms with Crippen molar-refractivity contribution in [1.29, 1.82) is 0 Å². The fraction of sp³-hybridized carbons (Fsp3) is 1.00. The molecule has 0 aromatic carbocycles. The zero-order valence-corrected chi connectivity index (χ0v) is 20.4. The maximum Gasteiger partial charge on any atom is 0.248 e. The van der Waals surface area contributed by atoms with Crippen LogP contribution in [0.25, 0.3) is 0 Å². The van der Waals surface area contributed by atoms with E-state index in [1.807, 2.05) is 21.6 Å². The fourth-order valence-corrected chi connectivity index (χ4v) is 8.34. The largest absolute Gasteiger partial charge is 0.335 e. The molecule has 0 heterocycles. The van der Waals surface area contributed by atoms with Gasteiger partial charge in [-0.05, 0) is 12.8 Å². The average Bonchev–Trinajstić information content (AvgIpc) is 2.64. The number of hydrogen-bond donors (Lipinski definition) is 0. The van der Waals surface area contributed by atoms with Crippen molar-refractivity contribution in [2.24, 2.45) is 0 Å². The highest BCUT2D eigenvalue weighted by atomic mass is 33.1. The average molecular weight is 419 g/mol. The molecule has 146 valence electrons. The lowest BCUT2D eigenvalue weighted by atomic mass is 10.6. The molecule has 24 heavy (non-hydrogen) atoms. The van der Waals surface area contributed by atoms with Gasteiger partial charge in [0, 0.05) is 54.2 Å². The maximum atomic E-state index is 5.34. The molecule has 0 radical (unpaired) electrons. The molecule has 0 unspecified atom stereocenters. The van der Waals surface area contributed by atoms with Gasteiger partial charge in [0.05, 0.1) is 0 Å². The highest BCUT2D eigenvalue weighted by Gasteiger charge is 2.29. The molecular weight excluding hydrogens is 384 g/mol. The molecule has 0 fully saturated rings. The van der Waals surface area contributed by atoms with Gasteiger partial charge in [-0.1, -0.05) is 33.7 Å². The van der Waals surface area contributed by atoms with Gasteiger partial charge in [-0.2, -0.15) is 0 Å². The van der Waals surface area contributed by atoms with Crippen molar-refractivity contribution in [3.8, 4) is 0 Å². The van der Waals surface area contributed by atoms with E-state index in [9.17, 15) is 0 Å². The summed E-state index contributed by atoms with van der Waals surface area (Å²) >= 11 is 0. The van der Waals surface area contributed by atoms with Crippen LogP contribution in [0.4, 0.5) is 0 Å². The zero-order valence-electron chi connectivity index (χ0n) is 15.9. The summed E-state index contributed by atoms with van der Waals surface area (Å²) in [6.45, 7) is 0. The first kappa shape index (κ1) is 24.9. The molecule has 0 amide bonds. The van der Waals surface area contributed by atoms with Gasteiger partial charge in [0.1, 0.15) is 19.0 Å². The van der Waals surface area contributed by atoms with Gasteiger partial charge in [0.2, 0.25) is 11.2 Å². The van der Waals surface area contributed by atoms with Crippen LogP contribution in [0.1, 0.15) is 12.8 Å². The molecule has 0 saturated carbocycles. The minimum atomic E-state index is -0.751. The molecule has 0 aliphatic heterocycles. The Labute approximate surface area is 159 Å². The van der Waals surface area contributed by atoms with E-state index < -0.39 is 30.2 Å². The Kier molecular flexibility index (Phi) is 15.6. The first-order chi connectivity index (χ1) is 11.6. The highest BCUT2D eigenvalue weighted by Crippen LogP contribution is 2.25. The van der Waals surface area contributed by atoms with Crippen LogP contribution in [0.2, 0.25) is 12.1 Å². The van der Waals surface area contributed by atoms with Crippen LogP contribution in [0.15, 0.2) is 0 Å². The summed E-state index contributed by atoms with van der Waals surface area (Å²) in [5, 5.41) is 0. The van der Waals surface area contributed by atoms with Crippen LogP contribution in [0, 0.1) is 0 Å². The van der Waals surface area contributed by atoms with E-state index >= 15 is 0 Å². The summed E-state index contributed by atoms with van der Waals surface area (Å²) in [5.74, 6) is 2.31. The second-order valence-electron chi connectivity index (χ2n) is 5.15. The summed E-state index contributed by atoms with van der Waals surface area (Å²) in [5.41, 5.74) is -1.50. The van der Waals surface area contributed by atoms with Gasteiger partial charge in [0.15, 0.2) is 0 Å². The monoisotopic (exact) mass is 418 g/mol. The van der Waals surface area contributed by atoms with Crippen LogP contribution in [-0.4, -0.2) is 84.4 Å². The van der Waals surface area contributed by atoms with E-state index in [1.165, 1.54) is 12.8 Å². The number of hydrogen-bond acceptors (Lipinski definition) is 8. The third kappa shape index (κ3) is 9.55. The molecule has 6 nitrogen and oxygen atoms in total. The van der Waals surface area contributed by atoms with Gasteiger partial charge >= 0.3 is 0 Å². The van der Waals surface area contributed by atoms with Crippen molar-refractivity contribution in [3.63, 3.8) is 0 Å². The lowest BCUT2D eigenvalue weighted by Gasteiger charge is -2.28. The van der Waals surface area contributed by atoms with Crippen molar-refractivity contribution in [1.82, 2.24) is 0 Å². The number of ether oxygens (including phenoxy) is 6. The number of rotatable bonds is 17. The molecule has 0 atom stereocenters. The topological polar surface area (TPSA) is 55.4 Å². The summed E-state index contributed by atoms with van der Waals surface area (Å²) in [4.78, 5) is 0. The third-order valence-corrected chi connectivity index (χ3v) is 11.1. The lowest BCUT2D eigenvalue weighted by Crippen LogP contribution is -2.42. The Bertz CT molecular complexity index is 250. The van der Waals surface area contributed by atoms with E-state index in [2.05, 4.69) is 0 Å². The zero-order chi connectivity index (χ0) is 18.3. The molecule has 0 N–H and O–H groups in total. The number of methoxy groups -OCH3 is 6. The normalized spacial score (nSPS) is 13.8. The standard InChI is InChI=1S/C14H34O6S2Si2/c1-15-13(16-2,17-3)23-11-7-9-21-22-10-8-12-24-14(18-4,19-5)20-6/h7-12,23-24H2,1-6H3. The third-order valence-electron chi connectivity index (χ3n) is 3.87. The second kappa shape index (κ2) is 15.0. The van der Waals surface area contributed by atoms with E-state index in [-0.39, 0.29) is 0 Å².